The number of nitrogen functional groups attached to an aromatic ring is 1. The van der Waals surface area contributed by atoms with Crippen LogP contribution in [0.1, 0.15) is 11.1 Å². The largest absolute Gasteiger partial charge is 0.495 e. The summed E-state index contributed by atoms with van der Waals surface area (Å²) >= 11 is 0. The minimum atomic E-state index is 0.688. The number of pyridine rings is 1. The summed E-state index contributed by atoms with van der Waals surface area (Å²) in [5.74, 6) is 0.730. The molecule has 2 N–H and O–H groups in total. The van der Waals surface area contributed by atoms with Crippen molar-refractivity contribution < 1.29 is 4.74 Å². The monoisotopic (exact) mass is 271 g/mol. The second-order valence-electron chi connectivity index (χ2n) is 4.92. The molecule has 0 aliphatic heterocycles. The van der Waals surface area contributed by atoms with E-state index in [9.17, 15) is 0 Å². The Morgan fingerprint density at radius 3 is 2.55 bits per heavy atom. The molecule has 0 fully saturated rings. The lowest BCUT2D eigenvalue weighted by Gasteiger charge is -2.17. The molecular weight excluding hydrogens is 250 g/mol. The van der Waals surface area contributed by atoms with Gasteiger partial charge in [0.2, 0.25) is 0 Å². The van der Waals surface area contributed by atoms with Gasteiger partial charge in [-0.3, -0.25) is 4.98 Å². The Kier molecular flexibility index (Phi) is 4.96. The molecule has 4 heteroatoms. The van der Waals surface area contributed by atoms with E-state index >= 15 is 0 Å². The van der Waals surface area contributed by atoms with Gasteiger partial charge in [-0.1, -0.05) is 6.07 Å². The van der Waals surface area contributed by atoms with Gasteiger partial charge in [0, 0.05) is 25.5 Å². The van der Waals surface area contributed by atoms with Crippen molar-refractivity contribution in [1.29, 1.82) is 0 Å². The van der Waals surface area contributed by atoms with Crippen LogP contribution >= 0.6 is 0 Å². The zero-order chi connectivity index (χ0) is 14.4. The molecular formula is C16H21N3O. The third-order valence-electron chi connectivity index (χ3n) is 3.28. The molecule has 1 aromatic carbocycles. The van der Waals surface area contributed by atoms with Gasteiger partial charge < -0.3 is 15.4 Å². The van der Waals surface area contributed by atoms with Crippen molar-refractivity contribution in [3.8, 4) is 5.75 Å². The van der Waals surface area contributed by atoms with Gasteiger partial charge in [-0.2, -0.15) is 0 Å². The number of anilines is 1. The second-order valence-corrected chi connectivity index (χ2v) is 4.92. The lowest BCUT2D eigenvalue weighted by molar-refractivity contribution is 0.331. The molecule has 106 valence electrons. The van der Waals surface area contributed by atoms with Crippen LogP contribution in [0.3, 0.4) is 0 Å². The van der Waals surface area contributed by atoms with Crippen LogP contribution in [-0.2, 0) is 13.0 Å². The van der Waals surface area contributed by atoms with Gasteiger partial charge in [0.05, 0.1) is 12.8 Å². The molecule has 1 heterocycles. The summed E-state index contributed by atoms with van der Waals surface area (Å²) in [5, 5.41) is 0. The molecule has 0 radical (unpaired) electrons. The predicted octanol–water partition coefficient (Wildman–Crippen LogP) is 2.35. The summed E-state index contributed by atoms with van der Waals surface area (Å²) in [4.78, 5) is 6.31. The molecule has 20 heavy (non-hydrogen) atoms. The minimum absolute atomic E-state index is 0.688. The molecule has 2 rings (SSSR count). The number of aromatic nitrogens is 1. The fraction of sp³-hybridized carbons (Fsp3) is 0.312. The molecule has 0 unspecified atom stereocenters. The van der Waals surface area contributed by atoms with Gasteiger partial charge in [0.1, 0.15) is 5.75 Å². The third kappa shape index (κ3) is 3.96. The molecule has 0 aliphatic carbocycles. The third-order valence-corrected chi connectivity index (χ3v) is 3.28. The van der Waals surface area contributed by atoms with Crippen LogP contribution < -0.4 is 10.5 Å². The van der Waals surface area contributed by atoms with Crippen molar-refractivity contribution in [3.05, 3.63) is 53.9 Å². The molecule has 0 amide bonds. The summed E-state index contributed by atoms with van der Waals surface area (Å²) in [7, 11) is 3.74. The van der Waals surface area contributed by atoms with Gasteiger partial charge in [-0.15, -0.1) is 0 Å². The molecule has 2 aromatic rings. The minimum Gasteiger partial charge on any atom is -0.495 e. The first kappa shape index (κ1) is 14.3. The van der Waals surface area contributed by atoms with Crippen molar-refractivity contribution in [1.82, 2.24) is 9.88 Å². The van der Waals surface area contributed by atoms with E-state index in [0.29, 0.717) is 5.69 Å². The Labute approximate surface area is 120 Å². The van der Waals surface area contributed by atoms with E-state index in [4.69, 9.17) is 10.5 Å². The van der Waals surface area contributed by atoms with E-state index in [-0.39, 0.29) is 0 Å². The van der Waals surface area contributed by atoms with Gasteiger partial charge in [0.15, 0.2) is 0 Å². The Morgan fingerprint density at radius 1 is 1.15 bits per heavy atom. The Balaban J connectivity index is 1.88. The fourth-order valence-corrected chi connectivity index (χ4v) is 2.14. The quantitative estimate of drug-likeness (QED) is 0.819. The maximum atomic E-state index is 5.92. The zero-order valence-electron chi connectivity index (χ0n) is 12.0. The van der Waals surface area contributed by atoms with E-state index in [0.717, 1.165) is 25.3 Å². The Bertz CT molecular complexity index is 543. The van der Waals surface area contributed by atoms with Crippen molar-refractivity contribution in [2.75, 3.05) is 26.4 Å². The summed E-state index contributed by atoms with van der Waals surface area (Å²) < 4.78 is 5.17. The fourth-order valence-electron chi connectivity index (χ4n) is 2.14. The molecule has 0 aliphatic rings. The number of ether oxygens (including phenoxy) is 1. The lowest BCUT2D eigenvalue weighted by Crippen LogP contribution is -2.20. The normalized spacial score (nSPS) is 10.8. The maximum Gasteiger partial charge on any atom is 0.141 e. The highest BCUT2D eigenvalue weighted by molar-refractivity contribution is 5.54. The number of methoxy groups -OCH3 is 1. The number of hydrogen-bond donors (Lipinski definition) is 1. The number of hydrogen-bond acceptors (Lipinski definition) is 4. The topological polar surface area (TPSA) is 51.4 Å². The van der Waals surface area contributed by atoms with Gasteiger partial charge in [-0.05, 0) is 48.9 Å². The number of benzene rings is 1. The van der Waals surface area contributed by atoms with Crippen LogP contribution in [0.25, 0.3) is 0 Å². The van der Waals surface area contributed by atoms with Crippen molar-refractivity contribution >= 4 is 5.69 Å². The Hall–Kier alpha value is -2.07. The average molecular weight is 271 g/mol. The van der Waals surface area contributed by atoms with E-state index in [1.165, 1.54) is 11.1 Å². The molecule has 0 atom stereocenters. The molecule has 0 bridgehead atoms. The highest BCUT2D eigenvalue weighted by Gasteiger charge is 2.04. The van der Waals surface area contributed by atoms with Crippen LogP contribution in [0.5, 0.6) is 5.75 Å². The lowest BCUT2D eigenvalue weighted by atomic mass is 10.1. The predicted molar refractivity (Wildman–Crippen MR) is 81.7 cm³/mol. The van der Waals surface area contributed by atoms with Crippen LogP contribution in [0, 0.1) is 0 Å². The van der Waals surface area contributed by atoms with E-state index < -0.39 is 0 Å². The molecule has 4 nitrogen and oxygen atoms in total. The van der Waals surface area contributed by atoms with Crippen molar-refractivity contribution in [3.63, 3.8) is 0 Å². The Morgan fingerprint density at radius 2 is 1.90 bits per heavy atom. The van der Waals surface area contributed by atoms with Gasteiger partial charge in [-0.25, -0.2) is 0 Å². The molecule has 1 aromatic heterocycles. The summed E-state index contributed by atoms with van der Waals surface area (Å²) in [6, 6.07) is 10.1. The first-order chi connectivity index (χ1) is 9.69. The highest BCUT2D eigenvalue weighted by Crippen LogP contribution is 2.22. The molecule has 0 saturated heterocycles. The standard InChI is InChI=1S/C16H21N3O/c1-19(10-7-13-5-8-18-9-6-13)12-14-3-4-16(20-2)15(17)11-14/h3-6,8-9,11H,7,10,12,17H2,1-2H3. The second kappa shape index (κ2) is 6.91. The van der Waals surface area contributed by atoms with Crippen LogP contribution in [0.2, 0.25) is 0 Å². The molecule has 0 spiro atoms. The van der Waals surface area contributed by atoms with Crippen LogP contribution in [0.15, 0.2) is 42.7 Å². The van der Waals surface area contributed by atoms with E-state index in [1.807, 2.05) is 24.5 Å². The summed E-state index contributed by atoms with van der Waals surface area (Å²) in [6.45, 7) is 1.87. The van der Waals surface area contributed by atoms with E-state index in [2.05, 4.69) is 35.1 Å². The zero-order valence-corrected chi connectivity index (χ0v) is 12.0. The first-order valence-electron chi connectivity index (χ1n) is 6.69. The highest BCUT2D eigenvalue weighted by atomic mass is 16.5. The van der Waals surface area contributed by atoms with Crippen LogP contribution in [-0.4, -0.2) is 30.6 Å². The first-order valence-corrected chi connectivity index (χ1v) is 6.69. The van der Waals surface area contributed by atoms with Gasteiger partial charge in [0.25, 0.3) is 0 Å². The van der Waals surface area contributed by atoms with Gasteiger partial charge >= 0.3 is 0 Å². The number of rotatable bonds is 6. The molecule has 0 saturated carbocycles. The van der Waals surface area contributed by atoms with Crippen molar-refractivity contribution in [2.24, 2.45) is 0 Å². The number of likely N-dealkylation sites (N-methyl/N-ethyl adjacent to an activating group) is 1. The average Bonchev–Trinajstić information content (AvgIpc) is 2.46. The SMILES string of the molecule is COc1ccc(CN(C)CCc2ccncc2)cc1N. The number of nitrogens with zero attached hydrogens (tertiary/aromatic N) is 2. The summed E-state index contributed by atoms with van der Waals surface area (Å²) in [6.07, 6.45) is 4.68. The number of nitrogens with two attached hydrogens (primary N) is 1. The maximum absolute atomic E-state index is 5.92. The van der Waals surface area contributed by atoms with E-state index in [1.54, 1.807) is 7.11 Å². The summed E-state index contributed by atoms with van der Waals surface area (Å²) in [5.41, 5.74) is 9.11. The van der Waals surface area contributed by atoms with Crippen molar-refractivity contribution in [2.45, 2.75) is 13.0 Å². The smallest absolute Gasteiger partial charge is 0.141 e. The van der Waals surface area contributed by atoms with Crippen LogP contribution in [0.4, 0.5) is 5.69 Å².